The van der Waals surface area contributed by atoms with Crippen LogP contribution in [-0.4, -0.2) is 23.4 Å². The molecule has 1 aromatic rings. The van der Waals surface area contributed by atoms with E-state index in [-0.39, 0.29) is 5.91 Å². The third kappa shape index (κ3) is 2.84. The third-order valence-corrected chi connectivity index (χ3v) is 5.45. The quantitative estimate of drug-likeness (QED) is 0.908. The number of nitrogens with two attached hydrogens (primary N) is 1. The normalized spacial score (nSPS) is 30.6. The zero-order chi connectivity index (χ0) is 14.8. The number of rotatable bonds is 2. The summed E-state index contributed by atoms with van der Waals surface area (Å²) in [6, 6.07) is 9.67. The first kappa shape index (κ1) is 14.6. The molecule has 3 nitrogen and oxygen atoms in total. The van der Waals surface area contributed by atoms with Crippen LogP contribution in [0.3, 0.4) is 0 Å². The Balaban J connectivity index is 1.77. The van der Waals surface area contributed by atoms with Crippen molar-refractivity contribution in [2.24, 2.45) is 17.6 Å². The molecule has 1 amide bonds. The summed E-state index contributed by atoms with van der Waals surface area (Å²) in [7, 11) is 0. The second-order valence-corrected chi connectivity index (χ2v) is 6.70. The van der Waals surface area contributed by atoms with Crippen LogP contribution in [0.25, 0.3) is 0 Å². The largest absolute Gasteiger partial charge is 0.338 e. The maximum atomic E-state index is 12.9. The molecule has 0 aromatic heterocycles. The topological polar surface area (TPSA) is 46.3 Å². The summed E-state index contributed by atoms with van der Waals surface area (Å²) in [6.07, 6.45) is 6.11. The van der Waals surface area contributed by atoms with E-state index in [4.69, 9.17) is 5.73 Å². The van der Waals surface area contributed by atoms with Crippen molar-refractivity contribution in [2.75, 3.05) is 6.54 Å². The van der Waals surface area contributed by atoms with Crippen LogP contribution >= 0.6 is 0 Å². The molecule has 4 atom stereocenters. The van der Waals surface area contributed by atoms with E-state index in [2.05, 4.69) is 11.8 Å². The predicted molar refractivity (Wildman–Crippen MR) is 84.6 cm³/mol. The first-order valence-electron chi connectivity index (χ1n) is 8.29. The highest BCUT2D eigenvalue weighted by Gasteiger charge is 2.40. The molecular weight excluding hydrogens is 260 g/mol. The second kappa shape index (κ2) is 6.18. The van der Waals surface area contributed by atoms with Crippen molar-refractivity contribution in [1.29, 1.82) is 0 Å². The van der Waals surface area contributed by atoms with Crippen molar-refractivity contribution in [3.05, 3.63) is 35.9 Å². The van der Waals surface area contributed by atoms with Crippen LogP contribution in [0.4, 0.5) is 0 Å². The van der Waals surface area contributed by atoms with Crippen molar-refractivity contribution >= 4 is 5.91 Å². The van der Waals surface area contributed by atoms with Gasteiger partial charge in [0.15, 0.2) is 0 Å². The molecular formula is C18H26N2O. The molecule has 0 bridgehead atoms. The first-order chi connectivity index (χ1) is 10.2. The van der Waals surface area contributed by atoms with Gasteiger partial charge in [-0.3, -0.25) is 4.79 Å². The minimum Gasteiger partial charge on any atom is -0.338 e. The molecule has 0 radical (unpaired) electrons. The van der Waals surface area contributed by atoms with E-state index in [1.54, 1.807) is 0 Å². The predicted octanol–water partition coefficient (Wildman–Crippen LogP) is 3.11. The van der Waals surface area contributed by atoms with E-state index < -0.39 is 6.04 Å². The Morgan fingerprint density at radius 3 is 2.67 bits per heavy atom. The fraction of sp³-hybridized carbons (Fsp3) is 0.611. The van der Waals surface area contributed by atoms with Crippen molar-refractivity contribution in [3.8, 4) is 0 Å². The minimum atomic E-state index is -0.512. The summed E-state index contributed by atoms with van der Waals surface area (Å²) in [5.41, 5.74) is 7.16. The van der Waals surface area contributed by atoms with Crippen LogP contribution in [0, 0.1) is 11.8 Å². The highest BCUT2D eigenvalue weighted by Crippen LogP contribution is 2.39. The number of carbonyl (C=O) groups excluding carboxylic acids is 1. The van der Waals surface area contributed by atoms with Crippen LogP contribution in [-0.2, 0) is 4.79 Å². The molecule has 3 heteroatoms. The number of carbonyl (C=O) groups is 1. The van der Waals surface area contributed by atoms with E-state index in [9.17, 15) is 4.79 Å². The fourth-order valence-electron chi connectivity index (χ4n) is 4.17. The van der Waals surface area contributed by atoms with Crippen molar-refractivity contribution in [2.45, 2.75) is 51.1 Å². The smallest absolute Gasteiger partial charge is 0.244 e. The second-order valence-electron chi connectivity index (χ2n) is 6.70. The highest BCUT2D eigenvalue weighted by molar-refractivity contribution is 5.83. The summed E-state index contributed by atoms with van der Waals surface area (Å²) in [5.74, 6) is 1.54. The van der Waals surface area contributed by atoms with E-state index in [0.717, 1.165) is 30.9 Å². The third-order valence-electron chi connectivity index (χ3n) is 5.45. The van der Waals surface area contributed by atoms with Crippen LogP contribution in [0.15, 0.2) is 30.3 Å². The average Bonchev–Trinajstić information content (AvgIpc) is 2.55. The van der Waals surface area contributed by atoms with Gasteiger partial charge in [-0.2, -0.15) is 0 Å². The molecule has 2 aliphatic rings. The van der Waals surface area contributed by atoms with Gasteiger partial charge in [-0.05, 0) is 36.7 Å². The Kier molecular flexibility index (Phi) is 4.29. The molecule has 2 fully saturated rings. The number of nitrogens with zero attached hydrogens (tertiary/aromatic N) is 1. The van der Waals surface area contributed by atoms with E-state index in [1.165, 1.54) is 19.3 Å². The van der Waals surface area contributed by atoms with Gasteiger partial charge in [0.25, 0.3) is 0 Å². The van der Waals surface area contributed by atoms with Gasteiger partial charge in [-0.15, -0.1) is 0 Å². The molecule has 1 aliphatic heterocycles. The Morgan fingerprint density at radius 1 is 1.19 bits per heavy atom. The van der Waals surface area contributed by atoms with Crippen molar-refractivity contribution < 1.29 is 4.79 Å². The summed E-state index contributed by atoms with van der Waals surface area (Å²) in [5, 5.41) is 0. The van der Waals surface area contributed by atoms with Gasteiger partial charge >= 0.3 is 0 Å². The van der Waals surface area contributed by atoms with Crippen LogP contribution < -0.4 is 5.73 Å². The minimum absolute atomic E-state index is 0.116. The summed E-state index contributed by atoms with van der Waals surface area (Å²) >= 11 is 0. The van der Waals surface area contributed by atoms with Crippen LogP contribution in [0.5, 0.6) is 0 Å². The number of hydrogen-bond donors (Lipinski definition) is 1. The molecule has 1 saturated carbocycles. The molecule has 1 heterocycles. The first-order valence-corrected chi connectivity index (χ1v) is 8.29. The van der Waals surface area contributed by atoms with Gasteiger partial charge in [0.1, 0.15) is 6.04 Å². The standard InChI is InChI=1S/C18H26N2O/c1-13-11-12-20(16-10-6-5-9-15(13)16)18(21)17(19)14-7-3-2-4-8-14/h2-4,7-8,13,15-17H,5-6,9-12,19H2,1H3/t13?,15?,16?,17-/m0/s1. The maximum absolute atomic E-state index is 12.9. The lowest BCUT2D eigenvalue weighted by molar-refractivity contribution is -0.140. The van der Waals surface area contributed by atoms with E-state index in [0.29, 0.717) is 12.0 Å². The van der Waals surface area contributed by atoms with Gasteiger partial charge < -0.3 is 10.6 Å². The zero-order valence-corrected chi connectivity index (χ0v) is 12.9. The van der Waals surface area contributed by atoms with Crippen LogP contribution in [0.2, 0.25) is 0 Å². The fourth-order valence-corrected chi connectivity index (χ4v) is 4.17. The average molecular weight is 286 g/mol. The van der Waals surface area contributed by atoms with Gasteiger partial charge in [0.2, 0.25) is 5.91 Å². The molecule has 1 aromatic carbocycles. The van der Waals surface area contributed by atoms with E-state index >= 15 is 0 Å². The van der Waals surface area contributed by atoms with Gasteiger partial charge in [0.05, 0.1) is 0 Å². The molecule has 2 N–H and O–H groups in total. The molecule has 1 aliphatic carbocycles. The Morgan fingerprint density at radius 2 is 1.90 bits per heavy atom. The van der Waals surface area contributed by atoms with Gasteiger partial charge in [0, 0.05) is 12.6 Å². The molecule has 0 spiro atoms. The molecule has 3 rings (SSSR count). The highest BCUT2D eigenvalue weighted by atomic mass is 16.2. The Bertz CT molecular complexity index is 487. The van der Waals surface area contributed by atoms with Gasteiger partial charge in [-0.1, -0.05) is 50.1 Å². The molecule has 114 valence electrons. The SMILES string of the molecule is CC1CCN(C(=O)[C@@H](N)c2ccccc2)C2CCCCC12. The van der Waals surface area contributed by atoms with Crippen LogP contribution in [0.1, 0.15) is 50.6 Å². The van der Waals surface area contributed by atoms with E-state index in [1.807, 2.05) is 30.3 Å². The molecule has 3 unspecified atom stereocenters. The lowest BCUT2D eigenvalue weighted by Crippen LogP contribution is -2.54. The number of likely N-dealkylation sites (tertiary alicyclic amines) is 1. The number of amides is 1. The van der Waals surface area contributed by atoms with Crippen molar-refractivity contribution in [3.63, 3.8) is 0 Å². The monoisotopic (exact) mass is 286 g/mol. The number of hydrogen-bond acceptors (Lipinski definition) is 2. The number of piperidine rings is 1. The van der Waals surface area contributed by atoms with Crippen molar-refractivity contribution in [1.82, 2.24) is 4.90 Å². The molecule has 1 saturated heterocycles. The Hall–Kier alpha value is -1.35. The number of fused-ring (bicyclic) bond motifs is 1. The lowest BCUT2D eigenvalue weighted by Gasteiger charge is -2.48. The zero-order valence-electron chi connectivity index (χ0n) is 12.9. The van der Waals surface area contributed by atoms with Gasteiger partial charge in [-0.25, -0.2) is 0 Å². The summed E-state index contributed by atoms with van der Waals surface area (Å²) in [4.78, 5) is 15.0. The maximum Gasteiger partial charge on any atom is 0.244 e. The summed E-state index contributed by atoms with van der Waals surface area (Å²) in [6.45, 7) is 3.23. The lowest BCUT2D eigenvalue weighted by atomic mass is 9.72. The summed E-state index contributed by atoms with van der Waals surface area (Å²) < 4.78 is 0. The molecule has 21 heavy (non-hydrogen) atoms. The number of benzene rings is 1. The Labute approximate surface area is 127 Å².